The Bertz CT molecular complexity index is 825. The van der Waals surface area contributed by atoms with Crippen molar-refractivity contribution >= 4 is 23.2 Å². The second kappa shape index (κ2) is 9.75. The van der Waals surface area contributed by atoms with Crippen molar-refractivity contribution in [3.05, 3.63) is 58.3 Å². The van der Waals surface area contributed by atoms with Crippen molar-refractivity contribution < 1.29 is 14.3 Å². The van der Waals surface area contributed by atoms with Gasteiger partial charge in [0.25, 0.3) is 11.8 Å². The summed E-state index contributed by atoms with van der Waals surface area (Å²) in [6.45, 7) is 2.19. The number of carbonyl (C=O) groups is 2. The van der Waals surface area contributed by atoms with Crippen LogP contribution in [0.5, 0.6) is 0 Å². The summed E-state index contributed by atoms with van der Waals surface area (Å²) in [5, 5.41) is 1.95. The molecule has 2 saturated heterocycles. The number of likely N-dealkylation sites (tertiary alicyclic amines) is 1. The van der Waals surface area contributed by atoms with Crippen LogP contribution in [0.15, 0.2) is 47.8 Å². The Kier molecular flexibility index (Phi) is 6.85. The van der Waals surface area contributed by atoms with Gasteiger partial charge in [-0.1, -0.05) is 36.4 Å². The Morgan fingerprint density at radius 3 is 2.53 bits per heavy atom. The van der Waals surface area contributed by atoms with E-state index in [9.17, 15) is 9.59 Å². The minimum absolute atomic E-state index is 0.0868. The van der Waals surface area contributed by atoms with Crippen LogP contribution in [0.25, 0.3) is 0 Å². The van der Waals surface area contributed by atoms with Crippen molar-refractivity contribution in [3.63, 3.8) is 0 Å². The zero-order valence-electron chi connectivity index (χ0n) is 17.5. The molecule has 2 aromatic rings. The lowest BCUT2D eigenvalue weighted by atomic mass is 9.84. The van der Waals surface area contributed by atoms with Gasteiger partial charge in [-0.3, -0.25) is 9.59 Å². The number of hydrogen-bond acceptors (Lipinski definition) is 4. The average molecular weight is 427 g/mol. The smallest absolute Gasteiger partial charge is 0.263 e. The minimum Gasteiger partial charge on any atom is -0.368 e. The highest BCUT2D eigenvalue weighted by molar-refractivity contribution is 7.12. The van der Waals surface area contributed by atoms with Gasteiger partial charge in [-0.25, -0.2) is 0 Å². The summed E-state index contributed by atoms with van der Waals surface area (Å²) >= 11 is 1.49. The van der Waals surface area contributed by atoms with Crippen molar-refractivity contribution in [1.29, 1.82) is 0 Å². The maximum atomic E-state index is 13.1. The second-order valence-electron chi connectivity index (χ2n) is 8.31. The number of amides is 2. The number of hydrogen-bond donors (Lipinski definition) is 0. The molecule has 6 heteroatoms. The van der Waals surface area contributed by atoms with Gasteiger partial charge in [0.15, 0.2) is 0 Å². The maximum absolute atomic E-state index is 13.1. The fourth-order valence-electron chi connectivity index (χ4n) is 4.68. The summed E-state index contributed by atoms with van der Waals surface area (Å²) in [4.78, 5) is 30.5. The Balaban J connectivity index is 1.45. The molecule has 5 nitrogen and oxygen atoms in total. The quantitative estimate of drug-likeness (QED) is 0.705. The molecule has 160 valence electrons. The molecular weight excluding hydrogens is 396 g/mol. The second-order valence-corrected chi connectivity index (χ2v) is 9.26. The number of carbonyl (C=O) groups excluding carboxylic acids is 2. The number of piperidine rings is 1. The SMILES string of the molecule is CN(C(=O)c1cccs1)[C@@H](Cc1ccccc1)C1CCN(C(=O)[C@@H]2CCCO2)CC1. The number of benzene rings is 1. The van der Waals surface area contributed by atoms with E-state index in [-0.39, 0.29) is 24.0 Å². The highest BCUT2D eigenvalue weighted by atomic mass is 32.1. The van der Waals surface area contributed by atoms with Gasteiger partial charge >= 0.3 is 0 Å². The topological polar surface area (TPSA) is 49.9 Å². The molecule has 0 spiro atoms. The molecule has 2 amide bonds. The molecule has 30 heavy (non-hydrogen) atoms. The van der Waals surface area contributed by atoms with Crippen molar-refractivity contribution in [2.45, 2.75) is 44.2 Å². The molecule has 4 rings (SSSR count). The van der Waals surface area contributed by atoms with Gasteiger partial charge in [0.2, 0.25) is 0 Å². The molecule has 0 saturated carbocycles. The third-order valence-corrected chi connectivity index (χ3v) is 7.30. The summed E-state index contributed by atoms with van der Waals surface area (Å²) in [5.41, 5.74) is 1.24. The summed E-state index contributed by atoms with van der Waals surface area (Å²) < 4.78 is 5.59. The van der Waals surface area contributed by atoms with Crippen molar-refractivity contribution in [2.75, 3.05) is 26.7 Å². The van der Waals surface area contributed by atoms with E-state index in [2.05, 4.69) is 24.3 Å². The van der Waals surface area contributed by atoms with Gasteiger partial charge < -0.3 is 14.5 Å². The molecule has 3 heterocycles. The van der Waals surface area contributed by atoms with Crippen molar-refractivity contribution in [1.82, 2.24) is 9.80 Å². The first-order chi connectivity index (χ1) is 14.6. The number of nitrogens with zero attached hydrogens (tertiary/aromatic N) is 2. The minimum atomic E-state index is -0.246. The van der Waals surface area contributed by atoms with E-state index in [1.54, 1.807) is 0 Å². The summed E-state index contributed by atoms with van der Waals surface area (Å²) in [7, 11) is 1.93. The van der Waals surface area contributed by atoms with Crippen LogP contribution in [-0.2, 0) is 16.0 Å². The van der Waals surface area contributed by atoms with E-state index < -0.39 is 0 Å². The largest absolute Gasteiger partial charge is 0.368 e. The molecule has 0 radical (unpaired) electrons. The number of rotatable bonds is 6. The fourth-order valence-corrected chi connectivity index (χ4v) is 5.39. The van der Waals surface area contributed by atoms with E-state index in [0.717, 1.165) is 50.1 Å². The zero-order chi connectivity index (χ0) is 20.9. The Hall–Kier alpha value is -2.18. The van der Waals surface area contributed by atoms with E-state index in [1.165, 1.54) is 16.9 Å². The lowest BCUT2D eigenvalue weighted by Gasteiger charge is -2.40. The van der Waals surface area contributed by atoms with Gasteiger partial charge in [-0.05, 0) is 55.0 Å². The maximum Gasteiger partial charge on any atom is 0.263 e. The van der Waals surface area contributed by atoms with Gasteiger partial charge in [0.1, 0.15) is 6.10 Å². The van der Waals surface area contributed by atoms with Crippen LogP contribution in [-0.4, -0.2) is 60.5 Å². The Morgan fingerprint density at radius 1 is 1.13 bits per heavy atom. The third-order valence-electron chi connectivity index (χ3n) is 6.44. The highest BCUT2D eigenvalue weighted by Gasteiger charge is 2.35. The van der Waals surface area contributed by atoms with Crippen molar-refractivity contribution in [2.24, 2.45) is 5.92 Å². The lowest BCUT2D eigenvalue weighted by Crippen LogP contribution is -2.49. The van der Waals surface area contributed by atoms with Crippen LogP contribution in [0.3, 0.4) is 0 Å². The average Bonchev–Trinajstić information content (AvgIpc) is 3.51. The Labute approximate surface area is 182 Å². The predicted octanol–water partition coefficient (Wildman–Crippen LogP) is 3.85. The monoisotopic (exact) mass is 426 g/mol. The first-order valence-corrected chi connectivity index (χ1v) is 11.8. The molecule has 2 atom stereocenters. The Morgan fingerprint density at radius 2 is 1.90 bits per heavy atom. The normalized spacial score (nSPS) is 20.8. The third kappa shape index (κ3) is 4.76. The highest BCUT2D eigenvalue weighted by Crippen LogP contribution is 2.29. The van der Waals surface area contributed by atoms with Crippen LogP contribution in [0.4, 0.5) is 0 Å². The van der Waals surface area contributed by atoms with Crippen molar-refractivity contribution in [3.8, 4) is 0 Å². The van der Waals surface area contributed by atoms with E-state index in [4.69, 9.17) is 4.74 Å². The first kappa shape index (κ1) is 21.1. The van der Waals surface area contributed by atoms with Crippen LogP contribution >= 0.6 is 11.3 Å². The number of thiophene rings is 1. The summed E-state index contributed by atoms with van der Waals surface area (Å²) in [5.74, 6) is 0.602. The molecule has 0 unspecified atom stereocenters. The van der Waals surface area contributed by atoms with E-state index >= 15 is 0 Å². The van der Waals surface area contributed by atoms with Crippen LogP contribution in [0.1, 0.15) is 40.9 Å². The molecule has 1 aromatic heterocycles. The van der Waals surface area contributed by atoms with Crippen LogP contribution in [0.2, 0.25) is 0 Å². The van der Waals surface area contributed by atoms with Gasteiger partial charge in [0, 0.05) is 32.8 Å². The molecule has 2 aliphatic rings. The molecule has 2 aliphatic heterocycles. The van der Waals surface area contributed by atoms with Crippen LogP contribution in [0, 0.1) is 5.92 Å². The summed E-state index contributed by atoms with van der Waals surface area (Å²) in [6, 6.07) is 14.3. The molecule has 0 aliphatic carbocycles. The predicted molar refractivity (Wildman–Crippen MR) is 119 cm³/mol. The van der Waals surface area contributed by atoms with Gasteiger partial charge in [0.05, 0.1) is 4.88 Å². The molecular formula is C24H30N2O3S. The van der Waals surface area contributed by atoms with E-state index in [1.807, 2.05) is 40.4 Å². The molecule has 0 bridgehead atoms. The number of likely N-dealkylation sites (N-methyl/N-ethyl adjacent to an activating group) is 1. The molecule has 0 N–H and O–H groups in total. The standard InChI is InChI=1S/C24H30N2O3S/c1-25(24(28)22-10-6-16-30-22)20(17-18-7-3-2-4-8-18)19-11-13-26(14-12-19)23(27)21-9-5-15-29-21/h2-4,6-8,10,16,19-21H,5,9,11-15,17H2,1H3/t20-,21-/m0/s1. The van der Waals surface area contributed by atoms with Crippen LogP contribution < -0.4 is 0 Å². The van der Waals surface area contributed by atoms with Gasteiger partial charge in [-0.2, -0.15) is 0 Å². The zero-order valence-corrected chi connectivity index (χ0v) is 18.4. The molecule has 2 fully saturated rings. The molecule has 1 aromatic carbocycles. The first-order valence-electron chi connectivity index (χ1n) is 10.9. The lowest BCUT2D eigenvalue weighted by molar-refractivity contribution is -0.142. The summed E-state index contributed by atoms with van der Waals surface area (Å²) in [6.07, 6.45) is 4.23. The fraction of sp³-hybridized carbons (Fsp3) is 0.500. The van der Waals surface area contributed by atoms with Gasteiger partial charge in [-0.15, -0.1) is 11.3 Å². The van der Waals surface area contributed by atoms with E-state index in [0.29, 0.717) is 12.5 Å². The number of ether oxygens (including phenoxy) is 1.